The molecule has 1 atom stereocenters. The second-order valence-electron chi connectivity index (χ2n) is 2.53. The summed E-state index contributed by atoms with van der Waals surface area (Å²) in [5.41, 5.74) is 0.282. The van der Waals surface area contributed by atoms with Crippen molar-refractivity contribution >= 4 is 5.97 Å². The van der Waals surface area contributed by atoms with Crippen LogP contribution in [-0.2, 0) is 9.53 Å². The van der Waals surface area contributed by atoms with Crippen LogP contribution in [0.1, 0.15) is 20.8 Å². The Morgan fingerprint density at radius 2 is 2.08 bits per heavy atom. The van der Waals surface area contributed by atoms with Gasteiger partial charge in [-0.25, -0.2) is 4.79 Å². The number of halogens is 1. The highest BCUT2D eigenvalue weighted by atomic mass is 19.1. The van der Waals surface area contributed by atoms with Crippen molar-refractivity contribution in [2.24, 2.45) is 0 Å². The topological polar surface area (TPSA) is 26.3 Å². The van der Waals surface area contributed by atoms with Gasteiger partial charge in [-0.2, -0.15) is 4.39 Å². The Morgan fingerprint density at radius 1 is 1.58 bits per heavy atom. The summed E-state index contributed by atoms with van der Waals surface area (Å²) < 4.78 is 17.3. The Hall–Kier alpha value is -1.30. The summed E-state index contributed by atoms with van der Waals surface area (Å²) in [6.45, 7) is 4.46. The van der Waals surface area contributed by atoms with Gasteiger partial charge in [0.15, 0.2) is 6.10 Å². The summed E-state index contributed by atoms with van der Waals surface area (Å²) >= 11 is 0. The Kier molecular flexibility index (Phi) is 4.06. The Bertz CT molecular complexity index is 244. The van der Waals surface area contributed by atoms with E-state index in [9.17, 15) is 9.18 Å². The highest BCUT2D eigenvalue weighted by Gasteiger charge is 2.13. The van der Waals surface area contributed by atoms with E-state index in [0.717, 1.165) is 0 Å². The summed E-state index contributed by atoms with van der Waals surface area (Å²) in [4.78, 5) is 10.8. The standard InChI is InChI=1S/C9H11FO2/c1-5-7(4)12-9(11)8(10)6(2)3/h1,7H,2-4H3. The summed E-state index contributed by atoms with van der Waals surface area (Å²) in [5, 5.41) is 0. The van der Waals surface area contributed by atoms with Gasteiger partial charge in [0.2, 0.25) is 5.83 Å². The van der Waals surface area contributed by atoms with Crippen LogP contribution in [0.15, 0.2) is 11.4 Å². The molecule has 12 heavy (non-hydrogen) atoms. The Labute approximate surface area is 71.4 Å². The first-order valence-electron chi connectivity index (χ1n) is 3.49. The highest BCUT2D eigenvalue weighted by molar-refractivity contribution is 5.86. The average Bonchev–Trinajstić information content (AvgIpc) is 2.02. The number of allylic oxidation sites excluding steroid dienone is 1. The molecule has 0 saturated carbocycles. The maximum absolute atomic E-state index is 12.8. The number of hydrogen-bond acceptors (Lipinski definition) is 2. The molecule has 0 radical (unpaired) electrons. The van der Waals surface area contributed by atoms with Crippen molar-refractivity contribution in [2.45, 2.75) is 26.9 Å². The normalized spacial score (nSPS) is 11.2. The summed E-state index contributed by atoms with van der Waals surface area (Å²) in [6.07, 6.45) is 4.24. The predicted molar refractivity (Wildman–Crippen MR) is 43.9 cm³/mol. The molecule has 0 aliphatic carbocycles. The molecule has 66 valence electrons. The molecule has 0 fully saturated rings. The lowest BCUT2D eigenvalue weighted by molar-refractivity contribution is -0.142. The molecule has 0 aliphatic rings. The quantitative estimate of drug-likeness (QED) is 0.359. The molecular formula is C9H11FO2. The first-order chi connectivity index (χ1) is 5.49. The van der Waals surface area contributed by atoms with Crippen molar-refractivity contribution in [1.29, 1.82) is 0 Å². The van der Waals surface area contributed by atoms with Gasteiger partial charge in [-0.05, 0) is 26.3 Å². The molecule has 0 amide bonds. The zero-order chi connectivity index (χ0) is 9.72. The number of carbonyl (C=O) groups excluding carboxylic acids is 1. The molecule has 1 unspecified atom stereocenters. The monoisotopic (exact) mass is 170 g/mol. The summed E-state index contributed by atoms with van der Waals surface area (Å²) in [7, 11) is 0. The fourth-order valence-corrected chi connectivity index (χ4v) is 0.450. The first kappa shape index (κ1) is 10.7. The summed E-state index contributed by atoms with van der Waals surface area (Å²) in [5.74, 6) is 0.280. The SMILES string of the molecule is C#CC(C)OC(=O)C(F)=C(C)C. The Morgan fingerprint density at radius 3 is 2.42 bits per heavy atom. The molecule has 2 nitrogen and oxygen atoms in total. The zero-order valence-electron chi connectivity index (χ0n) is 7.35. The molecule has 0 saturated heterocycles. The smallest absolute Gasteiger partial charge is 0.368 e. The van der Waals surface area contributed by atoms with Gasteiger partial charge in [-0.15, -0.1) is 6.42 Å². The minimum Gasteiger partial charge on any atom is -0.444 e. The first-order valence-corrected chi connectivity index (χ1v) is 3.49. The van der Waals surface area contributed by atoms with Crippen LogP contribution in [0.3, 0.4) is 0 Å². The number of terminal acetylenes is 1. The molecular weight excluding hydrogens is 159 g/mol. The fourth-order valence-electron chi connectivity index (χ4n) is 0.450. The van der Waals surface area contributed by atoms with Crippen molar-refractivity contribution in [3.05, 3.63) is 11.4 Å². The third-order valence-corrected chi connectivity index (χ3v) is 1.14. The zero-order valence-corrected chi connectivity index (χ0v) is 7.35. The molecule has 0 heterocycles. The van der Waals surface area contributed by atoms with E-state index in [-0.39, 0.29) is 5.57 Å². The van der Waals surface area contributed by atoms with E-state index in [1.54, 1.807) is 0 Å². The van der Waals surface area contributed by atoms with Crippen LogP contribution in [0.2, 0.25) is 0 Å². The van der Waals surface area contributed by atoms with Crippen LogP contribution < -0.4 is 0 Å². The predicted octanol–water partition coefficient (Wildman–Crippen LogP) is 1.81. The minimum absolute atomic E-state index is 0.282. The van der Waals surface area contributed by atoms with Gasteiger partial charge in [0.1, 0.15) is 0 Å². The third-order valence-electron chi connectivity index (χ3n) is 1.14. The second-order valence-corrected chi connectivity index (χ2v) is 2.53. The third kappa shape index (κ3) is 3.20. The van der Waals surface area contributed by atoms with E-state index in [2.05, 4.69) is 10.7 Å². The molecule has 0 aromatic heterocycles. The van der Waals surface area contributed by atoms with Gasteiger partial charge >= 0.3 is 5.97 Å². The van der Waals surface area contributed by atoms with Crippen molar-refractivity contribution < 1.29 is 13.9 Å². The molecule has 0 aromatic carbocycles. The lowest BCUT2D eigenvalue weighted by Gasteiger charge is -2.05. The number of rotatable bonds is 2. The maximum Gasteiger partial charge on any atom is 0.368 e. The van der Waals surface area contributed by atoms with Gasteiger partial charge in [-0.1, -0.05) is 5.92 Å². The van der Waals surface area contributed by atoms with Crippen molar-refractivity contribution in [2.75, 3.05) is 0 Å². The van der Waals surface area contributed by atoms with Crippen LogP contribution in [0.25, 0.3) is 0 Å². The van der Waals surface area contributed by atoms with Crippen molar-refractivity contribution in [3.8, 4) is 12.3 Å². The molecule has 0 bridgehead atoms. The van der Waals surface area contributed by atoms with Crippen molar-refractivity contribution in [1.82, 2.24) is 0 Å². The van der Waals surface area contributed by atoms with Gasteiger partial charge < -0.3 is 4.74 Å². The molecule has 0 aliphatic heterocycles. The minimum atomic E-state index is -1.000. The number of carbonyl (C=O) groups is 1. The Balaban J connectivity index is 4.27. The van der Waals surface area contributed by atoms with E-state index in [1.165, 1.54) is 20.8 Å². The van der Waals surface area contributed by atoms with E-state index in [0.29, 0.717) is 0 Å². The molecule has 0 rings (SSSR count). The van der Waals surface area contributed by atoms with Crippen molar-refractivity contribution in [3.63, 3.8) is 0 Å². The van der Waals surface area contributed by atoms with E-state index < -0.39 is 17.9 Å². The molecule has 0 N–H and O–H groups in total. The highest BCUT2D eigenvalue weighted by Crippen LogP contribution is 2.07. The summed E-state index contributed by atoms with van der Waals surface area (Å²) in [6, 6.07) is 0. The van der Waals surface area contributed by atoms with Gasteiger partial charge in [-0.3, -0.25) is 0 Å². The van der Waals surface area contributed by atoms with Gasteiger partial charge in [0.05, 0.1) is 0 Å². The van der Waals surface area contributed by atoms with E-state index in [4.69, 9.17) is 6.42 Å². The number of esters is 1. The molecule has 0 spiro atoms. The second kappa shape index (κ2) is 4.55. The number of hydrogen-bond donors (Lipinski definition) is 0. The fraction of sp³-hybridized carbons (Fsp3) is 0.444. The lowest BCUT2D eigenvalue weighted by Crippen LogP contribution is -2.13. The largest absolute Gasteiger partial charge is 0.444 e. The average molecular weight is 170 g/mol. The van der Waals surface area contributed by atoms with Crippen LogP contribution in [-0.4, -0.2) is 12.1 Å². The van der Waals surface area contributed by atoms with E-state index in [1.807, 2.05) is 0 Å². The number of ether oxygens (including phenoxy) is 1. The van der Waals surface area contributed by atoms with Crippen LogP contribution in [0.4, 0.5) is 4.39 Å². The molecule has 3 heteroatoms. The van der Waals surface area contributed by atoms with E-state index >= 15 is 0 Å². The lowest BCUT2D eigenvalue weighted by atomic mass is 10.3. The van der Waals surface area contributed by atoms with Gasteiger partial charge in [0, 0.05) is 0 Å². The van der Waals surface area contributed by atoms with Gasteiger partial charge in [0.25, 0.3) is 0 Å². The van der Waals surface area contributed by atoms with Crippen LogP contribution in [0, 0.1) is 12.3 Å². The molecule has 0 aromatic rings. The maximum atomic E-state index is 12.8. The van der Waals surface area contributed by atoms with Crippen LogP contribution >= 0.6 is 0 Å². The van der Waals surface area contributed by atoms with Crippen LogP contribution in [0.5, 0.6) is 0 Å².